The summed E-state index contributed by atoms with van der Waals surface area (Å²) in [5.74, 6) is -0.495. The van der Waals surface area contributed by atoms with E-state index in [-0.39, 0.29) is 5.78 Å². The number of hydrogen-bond donors (Lipinski definition) is 0. The van der Waals surface area contributed by atoms with Crippen LogP contribution in [0.3, 0.4) is 0 Å². The zero-order valence-electron chi connectivity index (χ0n) is 10.1. The molecule has 1 aliphatic rings. The summed E-state index contributed by atoms with van der Waals surface area (Å²) in [4.78, 5) is 23.7. The first-order valence-corrected chi connectivity index (χ1v) is 5.45. The maximum Gasteiger partial charge on any atom is 0.323 e. The normalized spacial score (nSPS) is 24.1. The molecule has 3 heteroatoms. The van der Waals surface area contributed by atoms with Crippen molar-refractivity contribution in [2.24, 2.45) is 5.41 Å². The number of esters is 1. The molecule has 0 radical (unpaired) electrons. The number of carbonyl (C=O) groups is 2. The molecule has 0 aliphatic heterocycles. The van der Waals surface area contributed by atoms with Crippen LogP contribution >= 0.6 is 0 Å². The van der Waals surface area contributed by atoms with E-state index in [0.29, 0.717) is 19.3 Å². The molecule has 1 aliphatic carbocycles. The van der Waals surface area contributed by atoms with Crippen LogP contribution in [-0.4, -0.2) is 18.9 Å². The van der Waals surface area contributed by atoms with Gasteiger partial charge in [-0.3, -0.25) is 9.59 Å². The SMILES string of the molecule is COC(=O)C1(CC=C(C)C)C=CCCC1=O. The Labute approximate surface area is 96.2 Å². The van der Waals surface area contributed by atoms with Crippen LogP contribution in [0.4, 0.5) is 0 Å². The van der Waals surface area contributed by atoms with Crippen molar-refractivity contribution in [3.63, 3.8) is 0 Å². The van der Waals surface area contributed by atoms with E-state index in [1.807, 2.05) is 26.0 Å². The van der Waals surface area contributed by atoms with E-state index in [1.54, 1.807) is 6.08 Å². The number of ketones is 1. The van der Waals surface area contributed by atoms with Crippen molar-refractivity contribution in [1.29, 1.82) is 0 Å². The highest BCUT2D eigenvalue weighted by Gasteiger charge is 2.44. The highest BCUT2D eigenvalue weighted by Crippen LogP contribution is 2.33. The van der Waals surface area contributed by atoms with Gasteiger partial charge in [-0.15, -0.1) is 0 Å². The Bertz CT molecular complexity index is 348. The molecule has 0 amide bonds. The monoisotopic (exact) mass is 222 g/mol. The van der Waals surface area contributed by atoms with E-state index in [1.165, 1.54) is 7.11 Å². The zero-order valence-corrected chi connectivity index (χ0v) is 10.1. The second-order valence-corrected chi connectivity index (χ2v) is 4.31. The molecule has 0 aromatic heterocycles. The van der Waals surface area contributed by atoms with Gasteiger partial charge >= 0.3 is 5.97 Å². The molecule has 0 fully saturated rings. The first-order valence-electron chi connectivity index (χ1n) is 5.45. The van der Waals surface area contributed by atoms with Crippen LogP contribution in [0, 0.1) is 5.41 Å². The number of carbonyl (C=O) groups excluding carboxylic acids is 2. The van der Waals surface area contributed by atoms with Crippen molar-refractivity contribution in [3.05, 3.63) is 23.8 Å². The second-order valence-electron chi connectivity index (χ2n) is 4.31. The average Bonchev–Trinajstić information content (AvgIpc) is 2.27. The summed E-state index contributed by atoms with van der Waals surface area (Å²) in [5.41, 5.74) is 0.0135. The van der Waals surface area contributed by atoms with Gasteiger partial charge < -0.3 is 4.74 Å². The predicted octanol–water partition coefficient (Wildman–Crippen LogP) is 2.42. The maximum atomic E-state index is 11.9. The standard InChI is InChI=1S/C13H18O3/c1-10(2)7-9-13(12(15)16-3)8-5-4-6-11(13)14/h5,7-8H,4,6,9H2,1-3H3. The van der Waals surface area contributed by atoms with Crippen LogP contribution in [0.15, 0.2) is 23.8 Å². The molecule has 88 valence electrons. The summed E-state index contributed by atoms with van der Waals surface area (Å²) in [6.45, 7) is 3.89. The number of hydrogen-bond acceptors (Lipinski definition) is 3. The van der Waals surface area contributed by atoms with Crippen molar-refractivity contribution in [2.75, 3.05) is 7.11 Å². The Hall–Kier alpha value is -1.38. The quantitative estimate of drug-likeness (QED) is 0.418. The Morgan fingerprint density at radius 2 is 2.25 bits per heavy atom. The predicted molar refractivity (Wildman–Crippen MR) is 61.9 cm³/mol. The van der Waals surface area contributed by atoms with Crippen molar-refractivity contribution < 1.29 is 14.3 Å². The fraction of sp³-hybridized carbons (Fsp3) is 0.538. The number of Topliss-reactive ketones (excluding diaryl/α,β-unsaturated/α-hetero) is 1. The molecule has 1 atom stereocenters. The van der Waals surface area contributed by atoms with Crippen LogP contribution < -0.4 is 0 Å². The third-order valence-corrected chi connectivity index (χ3v) is 2.82. The van der Waals surface area contributed by atoms with Crippen molar-refractivity contribution >= 4 is 11.8 Å². The molecule has 1 unspecified atom stereocenters. The molecule has 16 heavy (non-hydrogen) atoms. The van der Waals surface area contributed by atoms with E-state index >= 15 is 0 Å². The summed E-state index contributed by atoms with van der Waals surface area (Å²) in [7, 11) is 1.32. The van der Waals surface area contributed by atoms with Gasteiger partial charge in [0.15, 0.2) is 5.78 Å². The van der Waals surface area contributed by atoms with Crippen LogP contribution in [0.1, 0.15) is 33.1 Å². The van der Waals surface area contributed by atoms with Crippen LogP contribution in [-0.2, 0) is 14.3 Å². The van der Waals surface area contributed by atoms with Gasteiger partial charge in [-0.05, 0) is 26.7 Å². The minimum atomic E-state index is -1.08. The first-order chi connectivity index (χ1) is 7.53. The van der Waals surface area contributed by atoms with Crippen LogP contribution in [0.5, 0.6) is 0 Å². The van der Waals surface area contributed by atoms with Gasteiger partial charge in [0, 0.05) is 6.42 Å². The lowest BCUT2D eigenvalue weighted by Crippen LogP contribution is -2.39. The number of ether oxygens (including phenoxy) is 1. The number of allylic oxidation sites excluding steroid dienone is 3. The Morgan fingerprint density at radius 3 is 2.75 bits per heavy atom. The number of rotatable bonds is 3. The van der Waals surface area contributed by atoms with Gasteiger partial charge in [-0.1, -0.05) is 23.8 Å². The molecule has 0 heterocycles. The van der Waals surface area contributed by atoms with Crippen molar-refractivity contribution in [1.82, 2.24) is 0 Å². The third-order valence-electron chi connectivity index (χ3n) is 2.82. The minimum Gasteiger partial charge on any atom is -0.468 e. The first kappa shape index (κ1) is 12.7. The summed E-state index contributed by atoms with van der Waals surface area (Å²) in [6, 6.07) is 0. The van der Waals surface area contributed by atoms with Gasteiger partial charge in [0.05, 0.1) is 7.11 Å². The van der Waals surface area contributed by atoms with Crippen molar-refractivity contribution in [2.45, 2.75) is 33.1 Å². The summed E-state index contributed by atoms with van der Waals surface area (Å²) < 4.78 is 4.76. The lowest BCUT2D eigenvalue weighted by molar-refractivity contribution is -0.154. The minimum absolute atomic E-state index is 0.0423. The van der Waals surface area contributed by atoms with Gasteiger partial charge in [0.1, 0.15) is 5.41 Å². The molecule has 3 nitrogen and oxygen atoms in total. The van der Waals surface area contributed by atoms with Crippen LogP contribution in [0.25, 0.3) is 0 Å². The van der Waals surface area contributed by atoms with E-state index < -0.39 is 11.4 Å². The largest absolute Gasteiger partial charge is 0.468 e. The molecular weight excluding hydrogens is 204 g/mol. The molecule has 0 saturated carbocycles. The van der Waals surface area contributed by atoms with Crippen LogP contribution in [0.2, 0.25) is 0 Å². The van der Waals surface area contributed by atoms with Gasteiger partial charge in [-0.2, -0.15) is 0 Å². The second kappa shape index (κ2) is 5.10. The van der Waals surface area contributed by atoms with E-state index in [0.717, 1.165) is 5.57 Å². The Morgan fingerprint density at radius 1 is 1.56 bits per heavy atom. The van der Waals surface area contributed by atoms with Crippen molar-refractivity contribution in [3.8, 4) is 0 Å². The molecule has 0 aromatic rings. The third kappa shape index (κ3) is 2.40. The maximum absolute atomic E-state index is 11.9. The number of methoxy groups -OCH3 is 1. The summed E-state index contributed by atoms with van der Waals surface area (Å²) in [5, 5.41) is 0. The summed E-state index contributed by atoms with van der Waals surface area (Å²) in [6.07, 6.45) is 7.03. The summed E-state index contributed by atoms with van der Waals surface area (Å²) >= 11 is 0. The Kier molecular flexibility index (Phi) is 4.05. The molecule has 1 rings (SSSR count). The highest BCUT2D eigenvalue weighted by molar-refractivity contribution is 6.06. The van der Waals surface area contributed by atoms with Gasteiger partial charge in [0.2, 0.25) is 0 Å². The van der Waals surface area contributed by atoms with E-state index in [2.05, 4.69) is 0 Å². The molecular formula is C13H18O3. The highest BCUT2D eigenvalue weighted by atomic mass is 16.5. The Balaban J connectivity index is 3.05. The lowest BCUT2D eigenvalue weighted by atomic mass is 9.75. The molecule has 0 aromatic carbocycles. The van der Waals surface area contributed by atoms with Gasteiger partial charge in [-0.25, -0.2) is 0 Å². The molecule has 0 N–H and O–H groups in total. The topological polar surface area (TPSA) is 43.4 Å². The molecule has 0 bridgehead atoms. The fourth-order valence-electron chi connectivity index (χ4n) is 1.81. The fourth-order valence-corrected chi connectivity index (χ4v) is 1.81. The van der Waals surface area contributed by atoms with Gasteiger partial charge in [0.25, 0.3) is 0 Å². The average molecular weight is 222 g/mol. The van der Waals surface area contributed by atoms with E-state index in [4.69, 9.17) is 4.74 Å². The molecule has 0 saturated heterocycles. The smallest absolute Gasteiger partial charge is 0.323 e. The lowest BCUT2D eigenvalue weighted by Gasteiger charge is -2.27. The molecule has 0 spiro atoms. The van der Waals surface area contributed by atoms with E-state index in [9.17, 15) is 9.59 Å². The zero-order chi connectivity index (χ0) is 12.2.